The highest BCUT2D eigenvalue weighted by atomic mass is 35.5. The van der Waals surface area contributed by atoms with Gasteiger partial charge in [0, 0.05) is 16.5 Å². The molecule has 1 fully saturated rings. The third-order valence-electron chi connectivity index (χ3n) is 4.79. The van der Waals surface area contributed by atoms with Gasteiger partial charge in [0.2, 0.25) is 0 Å². The number of ether oxygens (including phenoxy) is 2. The van der Waals surface area contributed by atoms with E-state index in [2.05, 4.69) is 0 Å². The molecule has 26 heavy (non-hydrogen) atoms. The van der Waals surface area contributed by atoms with Crippen LogP contribution in [0.1, 0.15) is 49.9 Å². The molecule has 142 valence electrons. The predicted octanol–water partition coefficient (Wildman–Crippen LogP) is 4.07. The Labute approximate surface area is 159 Å². The molecule has 1 aliphatic rings. The number of carbonyl (C=O) groups excluding carboxylic acids is 3. The number of Topliss-reactive ketones (excluding diaryl/α,β-unsaturated/α-hetero) is 1. The van der Waals surface area contributed by atoms with Crippen molar-refractivity contribution in [1.29, 1.82) is 0 Å². The van der Waals surface area contributed by atoms with Gasteiger partial charge in [-0.15, -0.1) is 0 Å². The molecule has 0 radical (unpaired) electrons. The van der Waals surface area contributed by atoms with Crippen LogP contribution in [0.3, 0.4) is 0 Å². The molecule has 6 heteroatoms. The fourth-order valence-corrected chi connectivity index (χ4v) is 3.75. The summed E-state index contributed by atoms with van der Waals surface area (Å²) >= 11 is 5.90. The van der Waals surface area contributed by atoms with Crippen LogP contribution in [0.15, 0.2) is 24.3 Å². The van der Waals surface area contributed by atoms with Crippen molar-refractivity contribution in [3.8, 4) is 0 Å². The van der Waals surface area contributed by atoms with Crippen LogP contribution in [0.25, 0.3) is 0 Å². The molecule has 2 rings (SSSR count). The molecule has 0 N–H and O–H groups in total. The zero-order valence-electron chi connectivity index (χ0n) is 15.2. The van der Waals surface area contributed by atoms with E-state index >= 15 is 0 Å². The smallest absolute Gasteiger partial charge is 0.320 e. The van der Waals surface area contributed by atoms with Crippen molar-refractivity contribution in [2.75, 3.05) is 13.2 Å². The van der Waals surface area contributed by atoms with Crippen LogP contribution in [-0.4, -0.2) is 30.9 Å². The predicted molar refractivity (Wildman–Crippen MR) is 98.0 cm³/mol. The molecule has 0 spiro atoms. The van der Waals surface area contributed by atoms with Crippen molar-refractivity contribution < 1.29 is 23.9 Å². The zero-order chi connectivity index (χ0) is 19.1. The second kappa shape index (κ2) is 9.72. The summed E-state index contributed by atoms with van der Waals surface area (Å²) in [6.45, 7) is 3.74. The van der Waals surface area contributed by atoms with Crippen molar-refractivity contribution in [1.82, 2.24) is 0 Å². The highest BCUT2D eigenvalue weighted by Gasteiger charge is 2.44. The van der Waals surface area contributed by atoms with Crippen LogP contribution in [0.5, 0.6) is 0 Å². The van der Waals surface area contributed by atoms with Gasteiger partial charge in [0.05, 0.1) is 13.2 Å². The molecule has 0 unspecified atom stereocenters. The maximum atomic E-state index is 13.0. The fraction of sp³-hybridized carbons (Fsp3) is 0.550. The standard InChI is InChI=1S/C20H25ClO5/c1-3-25-19(23)17(20(24)26-4-2)15-7-5-6-8-16(15)18(22)13-9-11-14(21)12-10-13/h9-12,15-17H,3-8H2,1-2H3/t15-,16-/m0/s1. The average molecular weight is 381 g/mol. The minimum Gasteiger partial charge on any atom is -0.465 e. The maximum Gasteiger partial charge on any atom is 0.320 e. The summed E-state index contributed by atoms with van der Waals surface area (Å²) in [6, 6.07) is 6.70. The lowest BCUT2D eigenvalue weighted by Gasteiger charge is -2.34. The second-order valence-electron chi connectivity index (χ2n) is 6.41. The number of hydrogen-bond donors (Lipinski definition) is 0. The molecule has 0 aliphatic heterocycles. The summed E-state index contributed by atoms with van der Waals surface area (Å²) in [4.78, 5) is 38.0. The first-order valence-electron chi connectivity index (χ1n) is 9.12. The molecule has 1 aliphatic carbocycles. The lowest BCUT2D eigenvalue weighted by molar-refractivity contribution is -0.165. The van der Waals surface area contributed by atoms with Crippen LogP contribution in [0, 0.1) is 17.8 Å². The Morgan fingerprint density at radius 1 is 1.00 bits per heavy atom. The first-order valence-corrected chi connectivity index (χ1v) is 9.50. The van der Waals surface area contributed by atoms with E-state index in [1.165, 1.54) is 0 Å². The van der Waals surface area contributed by atoms with E-state index in [9.17, 15) is 14.4 Å². The summed E-state index contributed by atoms with van der Waals surface area (Å²) in [5, 5.41) is 0.553. The van der Waals surface area contributed by atoms with Crippen LogP contribution >= 0.6 is 11.6 Å². The Balaban J connectivity index is 2.30. The Morgan fingerprint density at radius 3 is 2.08 bits per heavy atom. The first-order chi connectivity index (χ1) is 12.5. The maximum absolute atomic E-state index is 13.0. The van der Waals surface area contributed by atoms with Crippen LogP contribution in [0.2, 0.25) is 5.02 Å². The highest BCUT2D eigenvalue weighted by molar-refractivity contribution is 6.30. The van der Waals surface area contributed by atoms with Crippen molar-refractivity contribution in [2.45, 2.75) is 39.5 Å². The van der Waals surface area contributed by atoms with Gasteiger partial charge >= 0.3 is 11.9 Å². The fourth-order valence-electron chi connectivity index (χ4n) is 3.62. The van der Waals surface area contributed by atoms with Crippen LogP contribution in [0.4, 0.5) is 0 Å². The van der Waals surface area contributed by atoms with E-state index in [0.29, 0.717) is 23.4 Å². The molecule has 0 heterocycles. The summed E-state index contributed by atoms with van der Waals surface area (Å²) in [7, 11) is 0. The van der Waals surface area contributed by atoms with Gasteiger partial charge in [0.25, 0.3) is 0 Å². The zero-order valence-corrected chi connectivity index (χ0v) is 16.0. The van der Waals surface area contributed by atoms with Gasteiger partial charge in [-0.25, -0.2) is 0 Å². The van der Waals surface area contributed by atoms with Crippen LogP contribution in [-0.2, 0) is 19.1 Å². The summed E-state index contributed by atoms with van der Waals surface area (Å²) < 4.78 is 10.2. The number of ketones is 1. The highest BCUT2D eigenvalue weighted by Crippen LogP contribution is 2.38. The van der Waals surface area contributed by atoms with Crippen molar-refractivity contribution in [3.63, 3.8) is 0 Å². The number of rotatable bonds is 7. The Hall–Kier alpha value is -1.88. The average Bonchev–Trinajstić information content (AvgIpc) is 2.63. The van der Waals surface area contributed by atoms with Crippen LogP contribution < -0.4 is 0 Å². The van der Waals surface area contributed by atoms with Gasteiger partial charge in [-0.3, -0.25) is 14.4 Å². The topological polar surface area (TPSA) is 69.7 Å². The molecule has 1 saturated carbocycles. The molecule has 0 bridgehead atoms. The molecular weight excluding hydrogens is 356 g/mol. The number of esters is 2. The van der Waals surface area contributed by atoms with E-state index in [-0.39, 0.29) is 19.0 Å². The van der Waals surface area contributed by atoms with Gasteiger partial charge in [-0.2, -0.15) is 0 Å². The number of halogens is 1. The number of benzene rings is 1. The molecule has 1 aromatic rings. The van der Waals surface area contributed by atoms with Gasteiger partial charge in [0.15, 0.2) is 11.7 Å². The van der Waals surface area contributed by atoms with E-state index in [4.69, 9.17) is 21.1 Å². The van der Waals surface area contributed by atoms with Gasteiger partial charge in [0.1, 0.15) is 0 Å². The lowest BCUT2D eigenvalue weighted by Crippen LogP contribution is -2.41. The van der Waals surface area contributed by atoms with E-state index in [0.717, 1.165) is 12.8 Å². The number of carbonyl (C=O) groups is 3. The quantitative estimate of drug-likeness (QED) is 0.405. The third kappa shape index (κ3) is 4.85. The Kier molecular flexibility index (Phi) is 7.64. The molecular formula is C20H25ClO5. The summed E-state index contributed by atoms with van der Waals surface area (Å²) in [5.74, 6) is -3.16. The molecule has 2 atom stereocenters. The van der Waals surface area contributed by atoms with Crippen molar-refractivity contribution in [2.24, 2.45) is 17.8 Å². The van der Waals surface area contributed by atoms with E-state index in [1.807, 2.05) is 0 Å². The van der Waals surface area contributed by atoms with Gasteiger partial charge < -0.3 is 9.47 Å². The molecule has 0 amide bonds. The molecule has 5 nitrogen and oxygen atoms in total. The largest absolute Gasteiger partial charge is 0.465 e. The molecule has 1 aromatic carbocycles. The summed E-state index contributed by atoms with van der Waals surface area (Å²) in [5.41, 5.74) is 0.540. The van der Waals surface area contributed by atoms with Gasteiger partial charge in [-0.05, 0) is 56.9 Å². The van der Waals surface area contributed by atoms with E-state index < -0.39 is 29.7 Å². The minimum atomic E-state index is -1.06. The first kappa shape index (κ1) is 20.4. The van der Waals surface area contributed by atoms with Crippen molar-refractivity contribution in [3.05, 3.63) is 34.9 Å². The second-order valence-corrected chi connectivity index (χ2v) is 6.84. The minimum absolute atomic E-state index is 0.0648. The SMILES string of the molecule is CCOC(=O)C(C(=O)OCC)[C@H]1CCCC[C@@H]1C(=O)c1ccc(Cl)cc1. The lowest BCUT2D eigenvalue weighted by atomic mass is 9.69. The molecule has 0 saturated heterocycles. The third-order valence-corrected chi connectivity index (χ3v) is 5.05. The van der Waals surface area contributed by atoms with Crippen molar-refractivity contribution >= 4 is 29.3 Å². The Bertz CT molecular complexity index is 622. The number of hydrogen-bond acceptors (Lipinski definition) is 5. The normalized spacial score (nSPS) is 19.8. The van der Waals surface area contributed by atoms with E-state index in [1.54, 1.807) is 38.1 Å². The van der Waals surface area contributed by atoms with Gasteiger partial charge in [-0.1, -0.05) is 24.4 Å². The monoisotopic (exact) mass is 380 g/mol. The molecule has 0 aromatic heterocycles. The Morgan fingerprint density at radius 2 is 1.54 bits per heavy atom. The summed E-state index contributed by atoms with van der Waals surface area (Å²) in [6.07, 6.45) is 3.01.